The van der Waals surface area contributed by atoms with Gasteiger partial charge in [0.05, 0.1) is 0 Å². The zero-order chi connectivity index (χ0) is 17.3. The Labute approximate surface area is 145 Å². The highest BCUT2D eigenvalue weighted by Gasteiger charge is 2.37. The average molecular weight is 328 g/mol. The number of fused-ring (bicyclic) bond motifs is 7. The van der Waals surface area contributed by atoms with Crippen molar-refractivity contribution in [1.82, 2.24) is 0 Å². The van der Waals surface area contributed by atoms with Gasteiger partial charge in [-0.25, -0.2) is 0 Å². The summed E-state index contributed by atoms with van der Waals surface area (Å²) in [4.78, 5) is 0. The fourth-order valence-electron chi connectivity index (χ4n) is 4.27. The molecule has 0 amide bonds. The first-order chi connectivity index (χ1) is 12.0. The van der Waals surface area contributed by atoms with Crippen LogP contribution in [-0.2, 0) is 5.41 Å². The molecule has 0 radical (unpaired) electrons. The van der Waals surface area contributed by atoms with Gasteiger partial charge >= 0.3 is 7.12 Å². The number of rotatable bonds is 1. The average Bonchev–Trinajstić information content (AvgIpc) is 3.09. The first-order valence-electron chi connectivity index (χ1n) is 8.45. The SMILES string of the molecule is CC1(C)c2ccccc2-c2c1ccc1c2oc2c(B(O)O)cccc21. The Morgan fingerprint density at radius 1 is 0.800 bits per heavy atom. The summed E-state index contributed by atoms with van der Waals surface area (Å²) in [7, 11) is -1.55. The molecule has 0 saturated heterocycles. The van der Waals surface area contributed by atoms with E-state index in [4.69, 9.17) is 4.42 Å². The van der Waals surface area contributed by atoms with Gasteiger partial charge in [-0.1, -0.05) is 68.4 Å². The van der Waals surface area contributed by atoms with Crippen molar-refractivity contribution >= 4 is 34.5 Å². The summed E-state index contributed by atoms with van der Waals surface area (Å²) in [5.41, 5.74) is 6.52. The summed E-state index contributed by atoms with van der Waals surface area (Å²) in [6.45, 7) is 4.46. The molecular weight excluding hydrogens is 311 g/mol. The molecule has 3 aromatic carbocycles. The molecule has 3 nitrogen and oxygen atoms in total. The second-order valence-corrected chi connectivity index (χ2v) is 7.24. The smallest absolute Gasteiger partial charge is 0.456 e. The fraction of sp³-hybridized carbons (Fsp3) is 0.143. The first-order valence-corrected chi connectivity index (χ1v) is 8.45. The minimum absolute atomic E-state index is 0.0849. The molecular formula is C21H17BO3. The topological polar surface area (TPSA) is 53.6 Å². The molecule has 1 aliphatic carbocycles. The van der Waals surface area contributed by atoms with Crippen molar-refractivity contribution in [2.75, 3.05) is 0 Å². The van der Waals surface area contributed by atoms with Gasteiger partial charge in [-0.05, 0) is 16.7 Å². The summed E-state index contributed by atoms with van der Waals surface area (Å²) in [5, 5.41) is 21.3. The van der Waals surface area contributed by atoms with Crippen molar-refractivity contribution < 1.29 is 14.5 Å². The summed E-state index contributed by atoms with van der Waals surface area (Å²) in [6, 6.07) is 18.2. The van der Waals surface area contributed by atoms with Gasteiger partial charge < -0.3 is 14.5 Å². The van der Waals surface area contributed by atoms with Crippen LogP contribution in [0.25, 0.3) is 33.1 Å². The number of benzene rings is 3. The van der Waals surface area contributed by atoms with Gasteiger partial charge in [0.15, 0.2) is 0 Å². The molecule has 4 aromatic rings. The van der Waals surface area contributed by atoms with Crippen molar-refractivity contribution in [3.8, 4) is 11.1 Å². The lowest BCUT2D eigenvalue weighted by molar-refractivity contribution is 0.425. The van der Waals surface area contributed by atoms with Crippen LogP contribution in [0, 0.1) is 0 Å². The van der Waals surface area contributed by atoms with Gasteiger partial charge in [-0.2, -0.15) is 0 Å². The molecule has 25 heavy (non-hydrogen) atoms. The van der Waals surface area contributed by atoms with E-state index in [1.807, 2.05) is 12.1 Å². The lowest BCUT2D eigenvalue weighted by atomic mass is 9.79. The lowest BCUT2D eigenvalue weighted by Crippen LogP contribution is -2.29. The van der Waals surface area contributed by atoms with Crippen LogP contribution < -0.4 is 5.46 Å². The van der Waals surface area contributed by atoms with Crippen molar-refractivity contribution in [2.45, 2.75) is 19.3 Å². The predicted molar refractivity (Wildman–Crippen MR) is 101 cm³/mol. The van der Waals surface area contributed by atoms with E-state index >= 15 is 0 Å². The molecule has 5 rings (SSSR count). The Morgan fingerprint density at radius 3 is 2.36 bits per heavy atom. The molecule has 1 heterocycles. The van der Waals surface area contributed by atoms with Crippen LogP contribution in [-0.4, -0.2) is 17.2 Å². The molecule has 1 aliphatic rings. The molecule has 1 aromatic heterocycles. The van der Waals surface area contributed by atoms with E-state index in [0.717, 1.165) is 21.9 Å². The Balaban J connectivity index is 1.97. The van der Waals surface area contributed by atoms with Gasteiger partial charge in [0.2, 0.25) is 0 Å². The maximum Gasteiger partial charge on any atom is 0.492 e. The molecule has 0 atom stereocenters. The van der Waals surface area contributed by atoms with Crippen LogP contribution in [0.5, 0.6) is 0 Å². The second-order valence-electron chi connectivity index (χ2n) is 7.24. The van der Waals surface area contributed by atoms with E-state index in [2.05, 4.69) is 50.2 Å². The van der Waals surface area contributed by atoms with Crippen LogP contribution in [0.3, 0.4) is 0 Å². The third-order valence-corrected chi connectivity index (χ3v) is 5.52. The highest BCUT2D eigenvalue weighted by Crippen LogP contribution is 2.52. The Morgan fingerprint density at radius 2 is 1.56 bits per heavy atom. The lowest BCUT2D eigenvalue weighted by Gasteiger charge is -2.21. The van der Waals surface area contributed by atoms with E-state index < -0.39 is 7.12 Å². The largest absolute Gasteiger partial charge is 0.492 e. The Hall–Kier alpha value is -2.56. The quantitative estimate of drug-likeness (QED) is 0.525. The minimum atomic E-state index is -1.55. The van der Waals surface area contributed by atoms with Gasteiger partial charge in [0.1, 0.15) is 11.2 Å². The predicted octanol–water partition coefficient (Wildman–Crippen LogP) is 3.57. The third-order valence-electron chi connectivity index (χ3n) is 5.52. The van der Waals surface area contributed by atoms with E-state index in [9.17, 15) is 10.0 Å². The highest BCUT2D eigenvalue weighted by atomic mass is 16.4. The number of para-hydroxylation sites is 1. The fourth-order valence-corrected chi connectivity index (χ4v) is 4.27. The third kappa shape index (κ3) is 1.78. The van der Waals surface area contributed by atoms with Crippen molar-refractivity contribution in [3.05, 3.63) is 65.7 Å². The molecule has 0 aliphatic heterocycles. The van der Waals surface area contributed by atoms with E-state index in [1.54, 1.807) is 6.07 Å². The molecule has 2 N–H and O–H groups in total. The van der Waals surface area contributed by atoms with Crippen LogP contribution >= 0.6 is 0 Å². The van der Waals surface area contributed by atoms with Crippen molar-refractivity contribution in [3.63, 3.8) is 0 Å². The summed E-state index contributed by atoms with van der Waals surface area (Å²) in [5.74, 6) is 0. The monoisotopic (exact) mass is 328 g/mol. The normalized spacial score (nSPS) is 14.7. The van der Waals surface area contributed by atoms with E-state index in [0.29, 0.717) is 11.0 Å². The summed E-state index contributed by atoms with van der Waals surface area (Å²) >= 11 is 0. The van der Waals surface area contributed by atoms with Crippen LogP contribution in [0.15, 0.2) is 59.0 Å². The number of furan rings is 1. The van der Waals surface area contributed by atoms with E-state index in [1.165, 1.54) is 16.7 Å². The second kappa shape index (κ2) is 4.75. The Kier molecular flexibility index (Phi) is 2.80. The summed E-state index contributed by atoms with van der Waals surface area (Å²) < 4.78 is 6.22. The minimum Gasteiger partial charge on any atom is -0.456 e. The highest BCUT2D eigenvalue weighted by molar-refractivity contribution is 6.61. The van der Waals surface area contributed by atoms with Crippen LogP contribution in [0.4, 0.5) is 0 Å². The van der Waals surface area contributed by atoms with E-state index in [-0.39, 0.29) is 5.41 Å². The molecule has 0 bridgehead atoms. The van der Waals surface area contributed by atoms with Crippen molar-refractivity contribution in [1.29, 1.82) is 0 Å². The van der Waals surface area contributed by atoms with Gasteiger partial charge in [-0.3, -0.25) is 0 Å². The first kappa shape index (κ1) is 14.8. The van der Waals surface area contributed by atoms with Gasteiger partial charge in [0.25, 0.3) is 0 Å². The zero-order valence-electron chi connectivity index (χ0n) is 14.1. The molecule has 0 saturated carbocycles. The maximum atomic E-state index is 9.68. The maximum absolute atomic E-state index is 9.68. The van der Waals surface area contributed by atoms with Gasteiger partial charge in [-0.15, -0.1) is 0 Å². The van der Waals surface area contributed by atoms with Crippen LogP contribution in [0.2, 0.25) is 0 Å². The number of hydrogen-bond donors (Lipinski definition) is 2. The zero-order valence-corrected chi connectivity index (χ0v) is 14.1. The van der Waals surface area contributed by atoms with Crippen LogP contribution in [0.1, 0.15) is 25.0 Å². The summed E-state index contributed by atoms with van der Waals surface area (Å²) in [6.07, 6.45) is 0. The van der Waals surface area contributed by atoms with Crippen molar-refractivity contribution in [2.24, 2.45) is 0 Å². The molecule has 0 spiro atoms. The van der Waals surface area contributed by atoms with Gasteiger partial charge in [0, 0.05) is 27.2 Å². The molecule has 4 heteroatoms. The molecule has 122 valence electrons. The Bertz CT molecular complexity index is 1150. The molecule has 0 unspecified atom stereocenters. The number of hydrogen-bond acceptors (Lipinski definition) is 3. The molecule has 0 fully saturated rings. The standard InChI is InChI=1S/C21H17BO3/c1-21(2)15-8-4-3-6-14(15)18-16(21)11-10-13-12-7-5-9-17(22(23)24)19(12)25-20(13)18/h3-11,23-24H,1-2H3.